The summed E-state index contributed by atoms with van der Waals surface area (Å²) < 4.78 is 0. The molecule has 1 rings (SSSR count). The summed E-state index contributed by atoms with van der Waals surface area (Å²) in [6.07, 6.45) is 0.905. The Balaban J connectivity index is 3.08. The predicted molar refractivity (Wildman–Crippen MR) is 74.6 cm³/mol. The number of pyridine rings is 1. The van der Waals surface area contributed by atoms with Crippen LogP contribution in [0.5, 0.6) is 0 Å². The molecule has 2 N–H and O–H groups in total. The molecular formula is C12H20N4O3. The third kappa shape index (κ3) is 4.06. The van der Waals surface area contributed by atoms with Crippen LogP contribution in [0.4, 0.5) is 17.3 Å². The lowest BCUT2D eigenvalue weighted by Crippen LogP contribution is -2.32. The summed E-state index contributed by atoms with van der Waals surface area (Å²) in [6, 6.07) is 2.66. The van der Waals surface area contributed by atoms with Gasteiger partial charge in [-0.05, 0) is 13.3 Å². The van der Waals surface area contributed by atoms with Gasteiger partial charge in [0.1, 0.15) is 11.6 Å². The van der Waals surface area contributed by atoms with E-state index in [2.05, 4.69) is 10.3 Å². The van der Waals surface area contributed by atoms with Gasteiger partial charge in [-0.3, -0.25) is 10.1 Å². The van der Waals surface area contributed by atoms with E-state index in [0.717, 1.165) is 6.42 Å². The summed E-state index contributed by atoms with van der Waals surface area (Å²) in [4.78, 5) is 16.5. The van der Waals surface area contributed by atoms with Crippen LogP contribution in [-0.2, 0) is 0 Å². The molecule has 0 amide bonds. The molecule has 1 atom stereocenters. The zero-order valence-corrected chi connectivity index (χ0v) is 11.5. The third-order valence-corrected chi connectivity index (χ3v) is 2.85. The van der Waals surface area contributed by atoms with E-state index in [1.165, 1.54) is 12.1 Å². The summed E-state index contributed by atoms with van der Waals surface area (Å²) >= 11 is 0. The van der Waals surface area contributed by atoms with E-state index in [9.17, 15) is 10.1 Å². The lowest BCUT2D eigenvalue weighted by Gasteiger charge is -2.24. The fraction of sp³-hybridized carbons (Fsp3) is 0.583. The van der Waals surface area contributed by atoms with Crippen molar-refractivity contribution in [3.05, 3.63) is 22.2 Å². The van der Waals surface area contributed by atoms with Gasteiger partial charge in [-0.2, -0.15) is 0 Å². The van der Waals surface area contributed by atoms with Gasteiger partial charge in [0.2, 0.25) is 0 Å². The topological polar surface area (TPSA) is 91.5 Å². The maximum absolute atomic E-state index is 10.9. The highest BCUT2D eigenvalue weighted by atomic mass is 16.6. The molecular weight excluding hydrogens is 248 g/mol. The zero-order chi connectivity index (χ0) is 14.4. The van der Waals surface area contributed by atoms with Gasteiger partial charge in [-0.15, -0.1) is 0 Å². The highest BCUT2D eigenvalue weighted by molar-refractivity contribution is 5.56. The normalized spacial score (nSPS) is 12.0. The van der Waals surface area contributed by atoms with E-state index in [1.54, 1.807) is 11.9 Å². The molecule has 7 nitrogen and oxygen atoms in total. The molecule has 1 heterocycles. The van der Waals surface area contributed by atoms with Crippen molar-refractivity contribution < 1.29 is 10.0 Å². The van der Waals surface area contributed by atoms with Crippen LogP contribution in [0.1, 0.15) is 20.3 Å². The minimum absolute atomic E-state index is 0.0133. The lowest BCUT2D eigenvalue weighted by molar-refractivity contribution is -0.384. The molecule has 1 aromatic rings. The van der Waals surface area contributed by atoms with Crippen molar-refractivity contribution in [1.29, 1.82) is 0 Å². The second kappa shape index (κ2) is 6.89. The lowest BCUT2D eigenvalue weighted by atomic mass is 10.3. The molecule has 1 aromatic heterocycles. The predicted octanol–water partition coefficient (Wildman–Crippen LogP) is 1.63. The molecule has 1 unspecified atom stereocenters. The summed E-state index contributed by atoms with van der Waals surface area (Å²) in [5.41, 5.74) is -0.0133. The third-order valence-electron chi connectivity index (χ3n) is 2.85. The van der Waals surface area contributed by atoms with Crippen LogP contribution in [0, 0.1) is 10.1 Å². The monoisotopic (exact) mass is 268 g/mol. The minimum Gasteiger partial charge on any atom is -0.394 e. The average Bonchev–Trinajstić information content (AvgIpc) is 2.42. The van der Waals surface area contributed by atoms with Crippen molar-refractivity contribution in [2.75, 3.05) is 30.4 Å². The Labute approximate surface area is 112 Å². The molecule has 0 aliphatic carbocycles. The number of hydrogen-bond donors (Lipinski definition) is 2. The fourth-order valence-corrected chi connectivity index (χ4v) is 1.48. The Hall–Kier alpha value is -1.89. The maximum atomic E-state index is 10.9. The molecule has 0 saturated carbocycles. The van der Waals surface area contributed by atoms with E-state index >= 15 is 0 Å². The molecule has 7 heteroatoms. The van der Waals surface area contributed by atoms with E-state index in [0.29, 0.717) is 18.2 Å². The largest absolute Gasteiger partial charge is 0.394 e. The van der Waals surface area contributed by atoms with Crippen molar-refractivity contribution in [3.8, 4) is 0 Å². The molecule has 0 aliphatic heterocycles. The van der Waals surface area contributed by atoms with Gasteiger partial charge >= 0.3 is 0 Å². The number of aliphatic hydroxyl groups excluding tert-OH is 1. The number of nitrogens with one attached hydrogen (secondary N) is 1. The standard InChI is InChI=1S/C12H20N4O3/c1-4-5-13-11-6-10(16(18)19)7-12(14-11)15(3)9(2)8-17/h6-7,9,17H,4-5,8H2,1-3H3,(H,13,14). The number of likely N-dealkylation sites (N-methyl/N-ethyl adjacent to an activating group) is 1. The Bertz CT molecular complexity index is 439. The van der Waals surface area contributed by atoms with Crippen molar-refractivity contribution in [3.63, 3.8) is 0 Å². The first-order chi connectivity index (χ1) is 8.99. The average molecular weight is 268 g/mol. The van der Waals surface area contributed by atoms with Crippen LogP contribution in [0.3, 0.4) is 0 Å². The number of hydrogen-bond acceptors (Lipinski definition) is 6. The summed E-state index contributed by atoms with van der Waals surface area (Å²) in [5, 5.41) is 23.1. The molecule has 0 aromatic carbocycles. The van der Waals surface area contributed by atoms with Crippen LogP contribution in [-0.4, -0.2) is 41.3 Å². The van der Waals surface area contributed by atoms with Crippen LogP contribution in [0.2, 0.25) is 0 Å². The number of nitro groups is 1. The van der Waals surface area contributed by atoms with Crippen LogP contribution in [0.15, 0.2) is 12.1 Å². The number of anilines is 2. The summed E-state index contributed by atoms with van der Waals surface area (Å²) in [5.74, 6) is 0.942. The SMILES string of the molecule is CCCNc1cc([N+](=O)[O-])cc(N(C)C(C)CO)n1. The van der Waals surface area contributed by atoms with E-state index in [-0.39, 0.29) is 18.3 Å². The molecule has 0 radical (unpaired) electrons. The van der Waals surface area contributed by atoms with Gasteiger partial charge in [-0.25, -0.2) is 4.98 Å². The van der Waals surface area contributed by atoms with Crippen molar-refractivity contribution in [2.45, 2.75) is 26.3 Å². The minimum atomic E-state index is -0.445. The molecule has 0 spiro atoms. The first-order valence-corrected chi connectivity index (χ1v) is 6.23. The van der Waals surface area contributed by atoms with Crippen molar-refractivity contribution in [1.82, 2.24) is 4.98 Å². The van der Waals surface area contributed by atoms with Gasteiger partial charge in [0, 0.05) is 13.6 Å². The summed E-state index contributed by atoms with van der Waals surface area (Å²) in [7, 11) is 1.75. The molecule has 106 valence electrons. The van der Waals surface area contributed by atoms with E-state index in [4.69, 9.17) is 5.11 Å². The molecule has 0 saturated heterocycles. The van der Waals surface area contributed by atoms with Gasteiger partial charge in [0.15, 0.2) is 0 Å². The second-order valence-corrected chi connectivity index (χ2v) is 4.40. The van der Waals surface area contributed by atoms with Crippen molar-refractivity contribution in [2.24, 2.45) is 0 Å². The molecule has 0 aliphatic rings. The van der Waals surface area contributed by atoms with Crippen LogP contribution in [0.25, 0.3) is 0 Å². The van der Waals surface area contributed by atoms with Crippen molar-refractivity contribution >= 4 is 17.3 Å². The number of nitrogens with zero attached hydrogens (tertiary/aromatic N) is 3. The highest BCUT2D eigenvalue weighted by Crippen LogP contribution is 2.23. The van der Waals surface area contributed by atoms with Crippen LogP contribution >= 0.6 is 0 Å². The Kier molecular flexibility index (Phi) is 5.50. The molecule has 19 heavy (non-hydrogen) atoms. The quantitative estimate of drug-likeness (QED) is 0.577. The molecule has 0 fully saturated rings. The smallest absolute Gasteiger partial charge is 0.276 e. The maximum Gasteiger partial charge on any atom is 0.276 e. The summed E-state index contributed by atoms with van der Waals surface area (Å²) in [6.45, 7) is 4.48. The van der Waals surface area contributed by atoms with Gasteiger partial charge in [0.25, 0.3) is 5.69 Å². The number of aliphatic hydroxyl groups is 1. The van der Waals surface area contributed by atoms with Gasteiger partial charge in [-0.1, -0.05) is 6.92 Å². The first-order valence-electron chi connectivity index (χ1n) is 6.23. The Morgan fingerprint density at radius 1 is 1.58 bits per heavy atom. The zero-order valence-electron chi connectivity index (χ0n) is 11.5. The second-order valence-electron chi connectivity index (χ2n) is 4.40. The molecule has 0 bridgehead atoms. The Morgan fingerprint density at radius 3 is 2.79 bits per heavy atom. The first kappa shape index (κ1) is 15.2. The van der Waals surface area contributed by atoms with Crippen LogP contribution < -0.4 is 10.2 Å². The number of rotatable bonds is 7. The highest BCUT2D eigenvalue weighted by Gasteiger charge is 2.16. The van der Waals surface area contributed by atoms with Gasteiger partial charge in [0.05, 0.1) is 29.7 Å². The van der Waals surface area contributed by atoms with Gasteiger partial charge < -0.3 is 15.3 Å². The fourth-order valence-electron chi connectivity index (χ4n) is 1.48. The van der Waals surface area contributed by atoms with E-state index in [1.807, 2.05) is 13.8 Å². The Morgan fingerprint density at radius 2 is 2.26 bits per heavy atom. The van der Waals surface area contributed by atoms with E-state index < -0.39 is 4.92 Å². The number of aromatic nitrogens is 1.